The molecular formula is C20H18BrN5O3. The van der Waals surface area contributed by atoms with Crippen molar-refractivity contribution in [2.75, 3.05) is 5.73 Å². The Morgan fingerprint density at radius 3 is 2.72 bits per heavy atom. The molecular weight excluding hydrogens is 438 g/mol. The summed E-state index contributed by atoms with van der Waals surface area (Å²) in [5.74, 6) is 1.03. The van der Waals surface area contributed by atoms with Gasteiger partial charge in [-0.2, -0.15) is 19.2 Å². The SMILES string of the molecule is Nc1c(Br)c(C2CCCCC2)nc2c(-c3cnc4ccoc4c3)cnn12.O=C=O. The second-order valence-corrected chi connectivity index (χ2v) is 7.73. The zero-order valence-corrected chi connectivity index (χ0v) is 17.1. The lowest BCUT2D eigenvalue weighted by Gasteiger charge is -2.22. The maximum atomic E-state index is 8.12. The molecule has 0 unspecified atom stereocenters. The predicted octanol–water partition coefficient (Wildman–Crippen LogP) is 4.35. The molecule has 0 bridgehead atoms. The number of nitrogens with two attached hydrogens (primary N) is 1. The number of aromatic nitrogens is 4. The fourth-order valence-electron chi connectivity index (χ4n) is 3.86. The summed E-state index contributed by atoms with van der Waals surface area (Å²) in [4.78, 5) is 25.7. The summed E-state index contributed by atoms with van der Waals surface area (Å²) in [6.07, 6.45) is 11.6. The molecule has 0 radical (unpaired) electrons. The van der Waals surface area contributed by atoms with Crippen LogP contribution >= 0.6 is 15.9 Å². The number of furan rings is 1. The van der Waals surface area contributed by atoms with E-state index in [0.29, 0.717) is 11.7 Å². The van der Waals surface area contributed by atoms with Crippen molar-refractivity contribution < 1.29 is 14.0 Å². The van der Waals surface area contributed by atoms with Gasteiger partial charge in [-0.3, -0.25) is 4.98 Å². The van der Waals surface area contributed by atoms with Crippen LogP contribution in [-0.4, -0.2) is 25.7 Å². The van der Waals surface area contributed by atoms with E-state index in [2.05, 4.69) is 26.0 Å². The Bertz CT molecular complexity index is 1200. The van der Waals surface area contributed by atoms with Crippen LogP contribution in [0.5, 0.6) is 0 Å². The number of halogens is 1. The van der Waals surface area contributed by atoms with E-state index < -0.39 is 0 Å². The first-order chi connectivity index (χ1) is 14.1. The highest BCUT2D eigenvalue weighted by molar-refractivity contribution is 9.10. The average Bonchev–Trinajstić information content (AvgIpc) is 3.38. The molecule has 148 valence electrons. The molecule has 4 heterocycles. The molecule has 9 heteroatoms. The third-order valence-electron chi connectivity index (χ3n) is 5.25. The molecule has 1 aliphatic rings. The van der Waals surface area contributed by atoms with E-state index in [0.717, 1.165) is 50.9 Å². The third kappa shape index (κ3) is 3.54. The van der Waals surface area contributed by atoms with Gasteiger partial charge in [0.2, 0.25) is 0 Å². The summed E-state index contributed by atoms with van der Waals surface area (Å²) in [5.41, 5.74) is 11.6. The van der Waals surface area contributed by atoms with E-state index in [1.165, 1.54) is 19.3 Å². The fourth-order valence-corrected chi connectivity index (χ4v) is 4.44. The lowest BCUT2D eigenvalue weighted by molar-refractivity contribution is -0.191. The van der Waals surface area contributed by atoms with Crippen molar-refractivity contribution in [2.45, 2.75) is 38.0 Å². The Morgan fingerprint density at radius 1 is 1.21 bits per heavy atom. The monoisotopic (exact) mass is 455 g/mol. The number of carbonyl (C=O) groups excluding carboxylic acids is 2. The van der Waals surface area contributed by atoms with Crippen molar-refractivity contribution in [1.82, 2.24) is 19.6 Å². The number of hydrogen-bond donors (Lipinski definition) is 1. The summed E-state index contributed by atoms with van der Waals surface area (Å²) in [7, 11) is 0. The van der Waals surface area contributed by atoms with Crippen LogP contribution in [0.3, 0.4) is 0 Å². The molecule has 0 aromatic carbocycles. The van der Waals surface area contributed by atoms with E-state index in [4.69, 9.17) is 24.7 Å². The van der Waals surface area contributed by atoms with Gasteiger partial charge in [0, 0.05) is 29.3 Å². The van der Waals surface area contributed by atoms with Gasteiger partial charge in [0.05, 0.1) is 22.6 Å². The first kappa shape index (κ1) is 19.3. The standard InChI is InChI=1S/C19H18BrN5O.CO2/c20-16-17(11-4-2-1-3-5-11)24-19-13(10-23-25(19)18(16)21)12-8-15-14(22-9-12)6-7-26-15;2-1-3/h6-11H,1-5,21H2;. The van der Waals surface area contributed by atoms with Crippen LogP contribution in [0.2, 0.25) is 0 Å². The molecule has 8 nitrogen and oxygen atoms in total. The second kappa shape index (κ2) is 8.14. The second-order valence-electron chi connectivity index (χ2n) is 6.94. The number of nitrogen functional groups attached to an aromatic ring is 1. The Morgan fingerprint density at radius 2 is 1.97 bits per heavy atom. The summed E-state index contributed by atoms with van der Waals surface area (Å²) < 4.78 is 8.05. The Kier molecular flexibility index (Phi) is 5.42. The predicted molar refractivity (Wildman–Crippen MR) is 109 cm³/mol. The quantitative estimate of drug-likeness (QED) is 0.477. The topological polar surface area (TPSA) is 116 Å². The van der Waals surface area contributed by atoms with Gasteiger partial charge < -0.3 is 10.2 Å². The zero-order chi connectivity index (χ0) is 20.4. The largest absolute Gasteiger partial charge is 0.463 e. The molecule has 0 spiro atoms. The van der Waals surface area contributed by atoms with Crippen LogP contribution < -0.4 is 5.73 Å². The minimum Gasteiger partial charge on any atom is -0.463 e. The van der Waals surface area contributed by atoms with Crippen LogP contribution in [-0.2, 0) is 9.59 Å². The average molecular weight is 456 g/mol. The van der Waals surface area contributed by atoms with Crippen LogP contribution in [0.15, 0.2) is 39.7 Å². The number of fused-ring (bicyclic) bond motifs is 2. The van der Waals surface area contributed by atoms with Crippen molar-refractivity contribution in [2.24, 2.45) is 0 Å². The number of hydrogen-bond acceptors (Lipinski definition) is 7. The number of rotatable bonds is 2. The third-order valence-corrected chi connectivity index (χ3v) is 6.07. The molecule has 0 aliphatic heterocycles. The van der Waals surface area contributed by atoms with E-state index in [9.17, 15) is 0 Å². The highest BCUT2D eigenvalue weighted by Gasteiger charge is 2.24. The maximum Gasteiger partial charge on any atom is 0.373 e. The summed E-state index contributed by atoms with van der Waals surface area (Å²) in [5, 5.41) is 4.45. The van der Waals surface area contributed by atoms with E-state index in [1.807, 2.05) is 18.3 Å². The fraction of sp³-hybridized carbons (Fsp3) is 0.300. The molecule has 0 saturated heterocycles. The molecule has 4 aromatic heterocycles. The molecule has 5 rings (SSSR count). The van der Waals surface area contributed by atoms with Crippen molar-refractivity contribution >= 4 is 44.6 Å². The number of pyridine rings is 1. The highest BCUT2D eigenvalue weighted by atomic mass is 79.9. The molecule has 2 N–H and O–H groups in total. The van der Waals surface area contributed by atoms with Gasteiger partial charge in [0.15, 0.2) is 11.2 Å². The first-order valence-corrected chi connectivity index (χ1v) is 10.1. The summed E-state index contributed by atoms with van der Waals surface area (Å²) in [6, 6.07) is 3.82. The van der Waals surface area contributed by atoms with Gasteiger partial charge in [0.25, 0.3) is 0 Å². The minimum absolute atomic E-state index is 0.250. The van der Waals surface area contributed by atoms with Crippen LogP contribution in [0.1, 0.15) is 43.7 Å². The molecule has 4 aromatic rings. The van der Waals surface area contributed by atoms with Crippen molar-refractivity contribution in [3.63, 3.8) is 0 Å². The van der Waals surface area contributed by atoms with Gasteiger partial charge >= 0.3 is 6.15 Å². The molecule has 1 saturated carbocycles. The minimum atomic E-state index is 0.250. The van der Waals surface area contributed by atoms with Gasteiger partial charge in [0.1, 0.15) is 11.3 Å². The van der Waals surface area contributed by atoms with Crippen LogP contribution in [0, 0.1) is 0 Å². The van der Waals surface area contributed by atoms with Gasteiger partial charge in [-0.1, -0.05) is 19.3 Å². The van der Waals surface area contributed by atoms with Crippen molar-refractivity contribution in [3.8, 4) is 11.1 Å². The lowest BCUT2D eigenvalue weighted by Crippen LogP contribution is -2.11. The van der Waals surface area contributed by atoms with E-state index in [-0.39, 0.29) is 6.15 Å². The van der Waals surface area contributed by atoms with Crippen molar-refractivity contribution in [1.29, 1.82) is 0 Å². The van der Waals surface area contributed by atoms with Gasteiger partial charge in [-0.25, -0.2) is 4.98 Å². The zero-order valence-electron chi connectivity index (χ0n) is 15.5. The van der Waals surface area contributed by atoms with Gasteiger partial charge in [-0.15, -0.1) is 0 Å². The van der Waals surface area contributed by atoms with Crippen LogP contribution in [0.4, 0.5) is 5.82 Å². The molecule has 1 aliphatic carbocycles. The Labute approximate surface area is 174 Å². The van der Waals surface area contributed by atoms with Crippen LogP contribution in [0.25, 0.3) is 27.9 Å². The van der Waals surface area contributed by atoms with E-state index in [1.54, 1.807) is 17.0 Å². The Hall–Kier alpha value is -3.03. The molecule has 1 fully saturated rings. The lowest BCUT2D eigenvalue weighted by atomic mass is 9.87. The first-order valence-electron chi connectivity index (χ1n) is 9.29. The Balaban J connectivity index is 0.000000645. The van der Waals surface area contributed by atoms with E-state index >= 15 is 0 Å². The summed E-state index contributed by atoms with van der Waals surface area (Å²) in [6.45, 7) is 0. The van der Waals surface area contributed by atoms with Gasteiger partial charge in [-0.05, 0) is 34.8 Å². The molecule has 29 heavy (non-hydrogen) atoms. The highest BCUT2D eigenvalue weighted by Crippen LogP contribution is 2.39. The molecule has 0 amide bonds. The molecule has 0 atom stereocenters. The number of nitrogens with zero attached hydrogens (tertiary/aromatic N) is 4. The maximum absolute atomic E-state index is 8.12. The number of anilines is 1. The normalized spacial score (nSPS) is 14.5. The van der Waals surface area contributed by atoms with Crippen molar-refractivity contribution in [3.05, 3.63) is 41.0 Å². The smallest absolute Gasteiger partial charge is 0.373 e. The summed E-state index contributed by atoms with van der Waals surface area (Å²) >= 11 is 3.65.